The Morgan fingerprint density at radius 3 is 2.82 bits per heavy atom. The van der Waals surface area contributed by atoms with Crippen molar-refractivity contribution >= 4 is 11.0 Å². The summed E-state index contributed by atoms with van der Waals surface area (Å²) in [4.78, 5) is 4.81. The molecule has 1 saturated carbocycles. The predicted molar refractivity (Wildman–Crippen MR) is 70.0 cm³/mol. The van der Waals surface area contributed by atoms with Crippen molar-refractivity contribution in [2.75, 3.05) is 6.54 Å². The maximum Gasteiger partial charge on any atom is 0.112 e. The summed E-state index contributed by atoms with van der Waals surface area (Å²) in [5.74, 6) is 1.96. The van der Waals surface area contributed by atoms with Crippen molar-refractivity contribution in [2.24, 2.45) is 5.73 Å². The van der Waals surface area contributed by atoms with Gasteiger partial charge in [-0.1, -0.05) is 18.6 Å². The lowest BCUT2D eigenvalue weighted by molar-refractivity contribution is 0.387. The normalized spacial score (nSPS) is 16.3. The fourth-order valence-electron chi connectivity index (χ4n) is 2.56. The fourth-order valence-corrected chi connectivity index (χ4v) is 2.56. The molecule has 0 atom stereocenters. The van der Waals surface area contributed by atoms with Crippen molar-refractivity contribution in [3.8, 4) is 0 Å². The van der Waals surface area contributed by atoms with Crippen LogP contribution < -0.4 is 5.73 Å². The first-order valence-electron chi connectivity index (χ1n) is 6.55. The maximum absolute atomic E-state index is 5.63. The summed E-state index contributed by atoms with van der Waals surface area (Å²) in [6.45, 7) is 1.75. The second-order valence-electron chi connectivity index (χ2n) is 4.88. The molecule has 2 N–H and O–H groups in total. The van der Waals surface area contributed by atoms with Gasteiger partial charge in [0.15, 0.2) is 0 Å². The largest absolute Gasteiger partial charge is 0.330 e. The van der Waals surface area contributed by atoms with E-state index in [4.69, 9.17) is 10.7 Å². The summed E-state index contributed by atoms with van der Waals surface area (Å²) in [6.07, 6.45) is 4.97. The third kappa shape index (κ3) is 1.84. The molecule has 0 aliphatic heterocycles. The molecular formula is C14H19N3. The molecule has 1 aromatic heterocycles. The number of hydrogen-bond acceptors (Lipinski definition) is 2. The van der Waals surface area contributed by atoms with E-state index in [1.165, 1.54) is 30.6 Å². The molecule has 0 bridgehead atoms. The molecule has 1 fully saturated rings. The number of hydrogen-bond donors (Lipinski definition) is 1. The number of nitrogens with zero attached hydrogens (tertiary/aromatic N) is 2. The van der Waals surface area contributed by atoms with Crippen LogP contribution in [0.25, 0.3) is 11.0 Å². The number of fused-ring (bicyclic) bond motifs is 1. The van der Waals surface area contributed by atoms with Crippen LogP contribution in [0, 0.1) is 0 Å². The van der Waals surface area contributed by atoms with Crippen LogP contribution >= 0.6 is 0 Å². The molecule has 1 aromatic carbocycles. The predicted octanol–water partition coefficient (Wildman–Crippen LogP) is 2.65. The van der Waals surface area contributed by atoms with Gasteiger partial charge in [0.05, 0.1) is 11.0 Å². The standard InChI is InChI=1S/C14H19N3/c15-9-4-10-17-13-8-2-1-7-12(13)16-14(17)11-5-3-6-11/h1-2,7-8,11H,3-6,9-10,15H2. The second kappa shape index (κ2) is 4.49. The summed E-state index contributed by atoms with van der Waals surface area (Å²) in [7, 11) is 0. The molecule has 3 nitrogen and oxygen atoms in total. The van der Waals surface area contributed by atoms with E-state index >= 15 is 0 Å². The average Bonchev–Trinajstić information content (AvgIpc) is 2.62. The molecule has 0 unspecified atom stereocenters. The number of imidazole rings is 1. The number of aromatic nitrogens is 2. The highest BCUT2D eigenvalue weighted by Gasteiger charge is 2.25. The lowest BCUT2D eigenvalue weighted by Crippen LogP contribution is -2.16. The van der Waals surface area contributed by atoms with Crippen LogP contribution in [0.1, 0.15) is 37.4 Å². The van der Waals surface area contributed by atoms with Crippen molar-refractivity contribution in [3.05, 3.63) is 30.1 Å². The van der Waals surface area contributed by atoms with Crippen molar-refractivity contribution in [3.63, 3.8) is 0 Å². The monoisotopic (exact) mass is 229 g/mol. The molecule has 2 aromatic rings. The maximum atomic E-state index is 5.63. The van der Waals surface area contributed by atoms with Crippen molar-refractivity contribution in [2.45, 2.75) is 38.1 Å². The fraction of sp³-hybridized carbons (Fsp3) is 0.500. The zero-order valence-corrected chi connectivity index (χ0v) is 10.1. The average molecular weight is 229 g/mol. The molecule has 0 spiro atoms. The molecule has 0 saturated heterocycles. The number of aryl methyl sites for hydroxylation is 1. The zero-order valence-electron chi connectivity index (χ0n) is 10.1. The van der Waals surface area contributed by atoms with Gasteiger partial charge in [-0.3, -0.25) is 0 Å². The van der Waals surface area contributed by atoms with E-state index in [0.717, 1.165) is 25.0 Å². The zero-order chi connectivity index (χ0) is 11.7. The Kier molecular flexibility index (Phi) is 2.85. The van der Waals surface area contributed by atoms with E-state index in [1.54, 1.807) is 0 Å². The van der Waals surface area contributed by atoms with E-state index in [2.05, 4.69) is 28.8 Å². The van der Waals surface area contributed by atoms with Crippen molar-refractivity contribution < 1.29 is 0 Å². The molecule has 3 heteroatoms. The molecule has 1 aliphatic carbocycles. The molecule has 0 amide bonds. The lowest BCUT2D eigenvalue weighted by atomic mass is 9.85. The van der Waals surface area contributed by atoms with Crippen LogP contribution in [0.15, 0.2) is 24.3 Å². The lowest BCUT2D eigenvalue weighted by Gasteiger charge is -2.25. The summed E-state index contributed by atoms with van der Waals surface area (Å²) >= 11 is 0. The van der Waals surface area contributed by atoms with Gasteiger partial charge in [0.25, 0.3) is 0 Å². The minimum atomic E-state index is 0.681. The Morgan fingerprint density at radius 1 is 1.29 bits per heavy atom. The van der Waals surface area contributed by atoms with Gasteiger partial charge < -0.3 is 10.3 Å². The highest BCUT2D eigenvalue weighted by molar-refractivity contribution is 5.76. The van der Waals surface area contributed by atoms with Gasteiger partial charge in [-0.05, 0) is 37.9 Å². The molecular weight excluding hydrogens is 210 g/mol. The highest BCUT2D eigenvalue weighted by Crippen LogP contribution is 2.37. The van der Waals surface area contributed by atoms with Gasteiger partial charge in [-0.15, -0.1) is 0 Å². The SMILES string of the molecule is NCCCn1c(C2CCC2)nc2ccccc21. The van der Waals surface area contributed by atoms with Crippen LogP contribution in [0.2, 0.25) is 0 Å². The van der Waals surface area contributed by atoms with E-state index in [9.17, 15) is 0 Å². The summed E-state index contributed by atoms with van der Waals surface area (Å²) in [5.41, 5.74) is 8.03. The van der Waals surface area contributed by atoms with Crippen LogP contribution in [0.5, 0.6) is 0 Å². The Bertz CT molecular complexity index is 511. The van der Waals surface area contributed by atoms with Gasteiger partial charge in [-0.25, -0.2) is 4.98 Å². The summed E-state index contributed by atoms with van der Waals surface area (Å²) in [5, 5.41) is 0. The Labute approximate surface area is 102 Å². The summed E-state index contributed by atoms with van der Waals surface area (Å²) in [6, 6.07) is 8.43. The van der Waals surface area contributed by atoms with E-state index < -0.39 is 0 Å². The number of nitrogens with two attached hydrogens (primary N) is 1. The summed E-state index contributed by atoms with van der Waals surface area (Å²) < 4.78 is 2.38. The molecule has 1 aliphatic rings. The molecule has 1 heterocycles. The first-order valence-corrected chi connectivity index (χ1v) is 6.55. The molecule has 0 radical (unpaired) electrons. The third-order valence-corrected chi connectivity index (χ3v) is 3.74. The number of rotatable bonds is 4. The quantitative estimate of drug-likeness (QED) is 0.876. The van der Waals surface area contributed by atoms with Crippen LogP contribution in [-0.4, -0.2) is 16.1 Å². The highest BCUT2D eigenvalue weighted by atomic mass is 15.1. The van der Waals surface area contributed by atoms with Crippen LogP contribution in [-0.2, 0) is 6.54 Å². The van der Waals surface area contributed by atoms with E-state index in [1.807, 2.05) is 0 Å². The van der Waals surface area contributed by atoms with Crippen LogP contribution in [0.4, 0.5) is 0 Å². The van der Waals surface area contributed by atoms with E-state index in [0.29, 0.717) is 5.92 Å². The van der Waals surface area contributed by atoms with Gasteiger partial charge in [0.1, 0.15) is 5.82 Å². The minimum absolute atomic E-state index is 0.681. The Balaban J connectivity index is 2.05. The topological polar surface area (TPSA) is 43.8 Å². The third-order valence-electron chi connectivity index (χ3n) is 3.74. The van der Waals surface area contributed by atoms with E-state index in [-0.39, 0.29) is 0 Å². The Hall–Kier alpha value is -1.35. The van der Waals surface area contributed by atoms with Gasteiger partial charge in [-0.2, -0.15) is 0 Å². The molecule has 3 rings (SSSR count). The number of benzene rings is 1. The van der Waals surface area contributed by atoms with Gasteiger partial charge in [0, 0.05) is 12.5 Å². The minimum Gasteiger partial charge on any atom is -0.330 e. The second-order valence-corrected chi connectivity index (χ2v) is 4.88. The van der Waals surface area contributed by atoms with Gasteiger partial charge in [0.2, 0.25) is 0 Å². The molecule has 17 heavy (non-hydrogen) atoms. The van der Waals surface area contributed by atoms with Crippen molar-refractivity contribution in [1.82, 2.24) is 9.55 Å². The number of para-hydroxylation sites is 2. The smallest absolute Gasteiger partial charge is 0.112 e. The van der Waals surface area contributed by atoms with Crippen LogP contribution in [0.3, 0.4) is 0 Å². The van der Waals surface area contributed by atoms with Crippen molar-refractivity contribution in [1.29, 1.82) is 0 Å². The first-order chi connectivity index (χ1) is 8.40. The first kappa shape index (κ1) is 10.8. The molecule has 90 valence electrons. The Morgan fingerprint density at radius 2 is 2.12 bits per heavy atom. The van der Waals surface area contributed by atoms with Gasteiger partial charge >= 0.3 is 0 Å².